The second-order valence-electron chi connectivity index (χ2n) is 7.50. The van der Waals surface area contributed by atoms with Gasteiger partial charge in [-0.15, -0.1) is 0 Å². The number of carbonyl (C=O) groups is 1. The van der Waals surface area contributed by atoms with E-state index in [1.807, 2.05) is 13.8 Å². The van der Waals surface area contributed by atoms with Gasteiger partial charge in [0.1, 0.15) is 5.78 Å². The first-order valence-electron chi connectivity index (χ1n) is 7.09. The second-order valence-corrected chi connectivity index (χ2v) is 7.50. The maximum atomic E-state index is 12.9. The average Bonchev–Trinajstić information content (AvgIpc) is 2.64. The summed E-state index contributed by atoms with van der Waals surface area (Å²) in [4.78, 5) is 12.9. The van der Waals surface area contributed by atoms with Gasteiger partial charge in [0.15, 0.2) is 0 Å². The molecule has 18 heavy (non-hydrogen) atoms. The van der Waals surface area contributed by atoms with Crippen LogP contribution in [0.15, 0.2) is 0 Å². The SMILES string of the molecule is CC1(C)CC(C(=O)C2(C)CCCC2N)C(C)(C)O1. The summed E-state index contributed by atoms with van der Waals surface area (Å²) in [6, 6.07) is 0.0181. The van der Waals surface area contributed by atoms with Crippen molar-refractivity contribution in [1.29, 1.82) is 0 Å². The van der Waals surface area contributed by atoms with Crippen LogP contribution in [0.1, 0.15) is 60.3 Å². The number of nitrogens with two attached hydrogens (primary N) is 1. The molecular weight excluding hydrogens is 226 g/mol. The lowest BCUT2D eigenvalue weighted by molar-refractivity contribution is -0.138. The van der Waals surface area contributed by atoms with Gasteiger partial charge in [-0.05, 0) is 47.0 Å². The van der Waals surface area contributed by atoms with Crippen molar-refractivity contribution in [3.63, 3.8) is 0 Å². The van der Waals surface area contributed by atoms with Crippen LogP contribution in [-0.2, 0) is 9.53 Å². The van der Waals surface area contributed by atoms with Crippen LogP contribution >= 0.6 is 0 Å². The molecule has 1 saturated carbocycles. The molecule has 104 valence electrons. The minimum atomic E-state index is -0.369. The smallest absolute Gasteiger partial charge is 0.146 e. The van der Waals surface area contributed by atoms with Gasteiger partial charge in [-0.2, -0.15) is 0 Å². The van der Waals surface area contributed by atoms with E-state index in [2.05, 4.69) is 20.8 Å². The molecule has 3 nitrogen and oxygen atoms in total. The van der Waals surface area contributed by atoms with Crippen LogP contribution in [0.2, 0.25) is 0 Å². The van der Waals surface area contributed by atoms with Crippen LogP contribution in [0.25, 0.3) is 0 Å². The molecule has 0 aromatic heterocycles. The number of hydrogen-bond acceptors (Lipinski definition) is 3. The van der Waals surface area contributed by atoms with Crippen molar-refractivity contribution >= 4 is 5.78 Å². The molecule has 0 radical (unpaired) electrons. The van der Waals surface area contributed by atoms with Crippen LogP contribution in [0.5, 0.6) is 0 Å². The van der Waals surface area contributed by atoms with Crippen molar-refractivity contribution in [3.05, 3.63) is 0 Å². The quantitative estimate of drug-likeness (QED) is 0.823. The Kier molecular flexibility index (Phi) is 3.14. The molecule has 2 aliphatic rings. The van der Waals surface area contributed by atoms with Gasteiger partial charge in [0.25, 0.3) is 0 Å². The summed E-state index contributed by atoms with van der Waals surface area (Å²) < 4.78 is 6.05. The molecule has 2 N–H and O–H groups in total. The lowest BCUT2D eigenvalue weighted by Crippen LogP contribution is -2.48. The highest BCUT2D eigenvalue weighted by Crippen LogP contribution is 2.48. The summed E-state index contributed by atoms with van der Waals surface area (Å²) >= 11 is 0. The standard InChI is InChI=1S/C15H27NO2/c1-13(2)9-10(14(3,4)18-13)12(17)15(5)8-6-7-11(15)16/h10-11H,6-9,16H2,1-5H3. The fourth-order valence-electron chi connectivity index (χ4n) is 3.87. The molecule has 2 rings (SSSR count). The molecular formula is C15H27NO2. The van der Waals surface area contributed by atoms with Crippen LogP contribution in [0, 0.1) is 11.3 Å². The summed E-state index contributed by atoms with van der Waals surface area (Å²) in [7, 11) is 0. The summed E-state index contributed by atoms with van der Waals surface area (Å²) in [5.74, 6) is 0.296. The third kappa shape index (κ3) is 2.12. The Morgan fingerprint density at radius 2 is 1.83 bits per heavy atom. The van der Waals surface area contributed by atoms with E-state index in [0.29, 0.717) is 5.78 Å². The molecule has 0 aromatic carbocycles. The third-order valence-corrected chi connectivity index (χ3v) is 4.98. The Morgan fingerprint density at radius 3 is 2.22 bits per heavy atom. The number of rotatable bonds is 2. The van der Waals surface area contributed by atoms with Crippen molar-refractivity contribution in [3.8, 4) is 0 Å². The zero-order valence-electron chi connectivity index (χ0n) is 12.4. The number of ketones is 1. The molecule has 1 heterocycles. The van der Waals surface area contributed by atoms with Gasteiger partial charge in [-0.3, -0.25) is 4.79 Å². The van der Waals surface area contributed by atoms with Crippen molar-refractivity contribution < 1.29 is 9.53 Å². The molecule has 3 unspecified atom stereocenters. The van der Waals surface area contributed by atoms with E-state index in [0.717, 1.165) is 25.7 Å². The highest BCUT2D eigenvalue weighted by Gasteiger charge is 2.55. The maximum absolute atomic E-state index is 12.9. The fourth-order valence-corrected chi connectivity index (χ4v) is 3.87. The van der Waals surface area contributed by atoms with Gasteiger partial charge in [0, 0.05) is 17.4 Å². The van der Waals surface area contributed by atoms with Gasteiger partial charge in [0.05, 0.1) is 11.2 Å². The minimum Gasteiger partial charge on any atom is -0.369 e. The van der Waals surface area contributed by atoms with Crippen LogP contribution in [-0.4, -0.2) is 23.0 Å². The Labute approximate surface area is 110 Å². The van der Waals surface area contributed by atoms with Gasteiger partial charge < -0.3 is 10.5 Å². The molecule has 1 aliphatic heterocycles. The molecule has 0 aromatic rings. The Balaban J connectivity index is 2.24. The molecule has 1 aliphatic carbocycles. The van der Waals surface area contributed by atoms with E-state index in [-0.39, 0.29) is 28.6 Å². The summed E-state index contributed by atoms with van der Waals surface area (Å²) in [6.07, 6.45) is 3.78. The monoisotopic (exact) mass is 253 g/mol. The van der Waals surface area contributed by atoms with Crippen molar-refractivity contribution in [2.24, 2.45) is 17.1 Å². The molecule has 3 heteroatoms. The molecule has 0 bridgehead atoms. The van der Waals surface area contributed by atoms with Crippen molar-refractivity contribution in [2.45, 2.75) is 77.5 Å². The third-order valence-electron chi connectivity index (χ3n) is 4.98. The Hall–Kier alpha value is -0.410. The summed E-state index contributed by atoms with van der Waals surface area (Å²) in [5, 5.41) is 0. The first kappa shape index (κ1) is 14.0. The normalized spacial score (nSPS) is 42.1. The predicted octanol–water partition coefficient (Wildman–Crippen LogP) is 2.67. The summed E-state index contributed by atoms with van der Waals surface area (Å²) in [6.45, 7) is 10.3. The molecule has 2 fully saturated rings. The lowest BCUT2D eigenvalue weighted by atomic mass is 9.70. The number of Topliss-reactive ketones (excluding diaryl/α,β-unsaturated/α-hetero) is 1. The van der Waals surface area contributed by atoms with Gasteiger partial charge in [0.2, 0.25) is 0 Å². The predicted molar refractivity (Wildman–Crippen MR) is 72.3 cm³/mol. The first-order valence-corrected chi connectivity index (χ1v) is 7.09. The topological polar surface area (TPSA) is 52.3 Å². The molecule has 3 atom stereocenters. The van der Waals surface area contributed by atoms with Crippen LogP contribution < -0.4 is 5.73 Å². The summed E-state index contributed by atoms with van der Waals surface area (Å²) in [5.41, 5.74) is 5.26. The minimum absolute atomic E-state index is 0.0181. The maximum Gasteiger partial charge on any atom is 0.146 e. The lowest BCUT2D eigenvalue weighted by Gasteiger charge is -2.34. The van der Waals surface area contributed by atoms with E-state index < -0.39 is 0 Å². The van der Waals surface area contributed by atoms with Gasteiger partial charge in [-0.1, -0.05) is 13.3 Å². The molecule has 0 amide bonds. The fraction of sp³-hybridized carbons (Fsp3) is 0.933. The van der Waals surface area contributed by atoms with E-state index in [1.165, 1.54) is 0 Å². The highest BCUT2D eigenvalue weighted by atomic mass is 16.5. The Bertz CT molecular complexity index is 362. The van der Waals surface area contributed by atoms with Crippen LogP contribution in [0.4, 0.5) is 0 Å². The molecule has 0 spiro atoms. The van der Waals surface area contributed by atoms with E-state index in [4.69, 9.17) is 10.5 Å². The number of hydrogen-bond donors (Lipinski definition) is 1. The van der Waals surface area contributed by atoms with Crippen molar-refractivity contribution in [1.82, 2.24) is 0 Å². The zero-order valence-corrected chi connectivity index (χ0v) is 12.4. The van der Waals surface area contributed by atoms with Crippen LogP contribution in [0.3, 0.4) is 0 Å². The van der Waals surface area contributed by atoms with E-state index in [1.54, 1.807) is 0 Å². The largest absolute Gasteiger partial charge is 0.369 e. The van der Waals surface area contributed by atoms with Gasteiger partial charge >= 0.3 is 0 Å². The number of carbonyl (C=O) groups excluding carboxylic acids is 1. The van der Waals surface area contributed by atoms with Crippen molar-refractivity contribution in [2.75, 3.05) is 0 Å². The first-order chi connectivity index (χ1) is 8.08. The van der Waals surface area contributed by atoms with E-state index >= 15 is 0 Å². The average molecular weight is 253 g/mol. The molecule has 1 saturated heterocycles. The zero-order chi connectivity index (χ0) is 13.8. The van der Waals surface area contributed by atoms with E-state index in [9.17, 15) is 4.79 Å². The second kappa shape index (κ2) is 4.04. The number of ether oxygens (including phenoxy) is 1. The van der Waals surface area contributed by atoms with Gasteiger partial charge in [-0.25, -0.2) is 0 Å². The highest BCUT2D eigenvalue weighted by molar-refractivity contribution is 5.89. The Morgan fingerprint density at radius 1 is 1.22 bits per heavy atom.